The summed E-state index contributed by atoms with van der Waals surface area (Å²) in [7, 11) is 0. The number of rotatable bonds is 8. The van der Waals surface area contributed by atoms with E-state index >= 15 is 0 Å². The second kappa shape index (κ2) is 9.70. The van der Waals surface area contributed by atoms with Crippen molar-refractivity contribution in [1.29, 1.82) is 0 Å². The lowest BCUT2D eigenvalue weighted by Gasteiger charge is -2.16. The number of ether oxygens (including phenoxy) is 1. The minimum absolute atomic E-state index is 0.0234. The molecule has 3 amide bonds. The van der Waals surface area contributed by atoms with Crippen molar-refractivity contribution in [2.45, 2.75) is 39.2 Å². The summed E-state index contributed by atoms with van der Waals surface area (Å²) < 4.78 is 5.01. The monoisotopic (exact) mass is 375 g/mol. The number of anilines is 1. The Morgan fingerprint density at radius 1 is 1.30 bits per heavy atom. The van der Waals surface area contributed by atoms with E-state index in [1.54, 1.807) is 36.1 Å². The van der Waals surface area contributed by atoms with Crippen LogP contribution in [0.5, 0.6) is 0 Å². The zero-order valence-corrected chi connectivity index (χ0v) is 15.6. The van der Waals surface area contributed by atoms with Gasteiger partial charge in [0, 0.05) is 25.2 Å². The van der Waals surface area contributed by atoms with Gasteiger partial charge in [-0.05, 0) is 38.0 Å². The first-order valence-corrected chi connectivity index (χ1v) is 9.07. The number of carbonyl (C=O) groups excluding carboxylic acids is 4. The van der Waals surface area contributed by atoms with Crippen molar-refractivity contribution in [3.05, 3.63) is 29.8 Å². The smallest absolute Gasteiger partial charge is 0.338 e. The van der Waals surface area contributed by atoms with E-state index in [2.05, 4.69) is 10.6 Å². The molecule has 2 rings (SSSR count). The third kappa shape index (κ3) is 5.80. The topological polar surface area (TPSA) is 105 Å². The zero-order chi connectivity index (χ0) is 19.8. The maximum Gasteiger partial charge on any atom is 0.338 e. The molecule has 1 saturated heterocycles. The van der Waals surface area contributed by atoms with E-state index in [0.717, 1.165) is 12.8 Å². The minimum atomic E-state index is -0.716. The van der Waals surface area contributed by atoms with Crippen molar-refractivity contribution in [3.8, 4) is 0 Å². The average Bonchev–Trinajstić information content (AvgIpc) is 3.10. The molecule has 0 saturated carbocycles. The normalized spacial score (nSPS) is 14.6. The van der Waals surface area contributed by atoms with Crippen LogP contribution in [0.2, 0.25) is 0 Å². The first-order chi connectivity index (χ1) is 12.9. The molecule has 0 aromatic heterocycles. The summed E-state index contributed by atoms with van der Waals surface area (Å²) in [6, 6.07) is 5.84. The van der Waals surface area contributed by atoms with Gasteiger partial charge in [-0.25, -0.2) is 4.79 Å². The third-order valence-electron chi connectivity index (χ3n) is 4.12. The molecule has 1 aromatic carbocycles. The van der Waals surface area contributed by atoms with Crippen molar-refractivity contribution in [2.24, 2.45) is 0 Å². The van der Waals surface area contributed by atoms with Gasteiger partial charge in [0.2, 0.25) is 11.8 Å². The number of esters is 1. The highest BCUT2D eigenvalue weighted by molar-refractivity contribution is 5.98. The number of amides is 3. The molecule has 0 radical (unpaired) electrons. The summed E-state index contributed by atoms with van der Waals surface area (Å²) in [6.07, 6.45) is 2.09. The van der Waals surface area contributed by atoms with Crippen LogP contribution in [0.3, 0.4) is 0 Å². The highest BCUT2D eigenvalue weighted by Crippen LogP contribution is 2.22. The predicted octanol–water partition coefficient (Wildman–Crippen LogP) is 1.00. The van der Waals surface area contributed by atoms with Gasteiger partial charge >= 0.3 is 5.97 Å². The van der Waals surface area contributed by atoms with Gasteiger partial charge in [-0.3, -0.25) is 14.4 Å². The van der Waals surface area contributed by atoms with E-state index in [4.69, 9.17) is 4.74 Å². The van der Waals surface area contributed by atoms with Gasteiger partial charge in [-0.15, -0.1) is 0 Å². The summed E-state index contributed by atoms with van der Waals surface area (Å²) in [4.78, 5) is 49.2. The SMILES string of the molecule is CCCNC(=O)[C@@H](C)NC(=O)COC(=O)c1cccc(N2CCCC2=O)c1. The number of hydrogen-bond acceptors (Lipinski definition) is 5. The molecule has 8 nitrogen and oxygen atoms in total. The fourth-order valence-corrected chi connectivity index (χ4v) is 2.69. The molecule has 0 spiro atoms. The van der Waals surface area contributed by atoms with Crippen molar-refractivity contribution in [3.63, 3.8) is 0 Å². The zero-order valence-electron chi connectivity index (χ0n) is 15.6. The standard InChI is InChI=1S/C19H25N3O5/c1-3-9-20-18(25)13(2)21-16(23)12-27-19(26)14-6-4-7-15(11-14)22-10-5-8-17(22)24/h4,6-7,11,13H,3,5,8-10,12H2,1-2H3,(H,20,25)(H,21,23)/t13-/m1/s1. The molecule has 0 bridgehead atoms. The van der Waals surface area contributed by atoms with E-state index in [1.165, 1.54) is 0 Å². The van der Waals surface area contributed by atoms with Crippen LogP contribution in [-0.2, 0) is 19.1 Å². The van der Waals surface area contributed by atoms with Gasteiger partial charge in [0.05, 0.1) is 5.56 Å². The first-order valence-electron chi connectivity index (χ1n) is 9.07. The van der Waals surface area contributed by atoms with Gasteiger partial charge < -0.3 is 20.3 Å². The lowest BCUT2D eigenvalue weighted by atomic mass is 10.2. The number of nitrogens with one attached hydrogen (secondary N) is 2. The van der Waals surface area contributed by atoms with Crippen LogP contribution < -0.4 is 15.5 Å². The summed E-state index contributed by atoms with van der Waals surface area (Å²) in [5.74, 6) is -1.50. The Morgan fingerprint density at radius 2 is 2.07 bits per heavy atom. The van der Waals surface area contributed by atoms with Crippen LogP contribution in [0.1, 0.15) is 43.5 Å². The molecular formula is C19H25N3O5. The Morgan fingerprint density at radius 3 is 2.74 bits per heavy atom. The van der Waals surface area contributed by atoms with Crippen molar-refractivity contribution < 1.29 is 23.9 Å². The first kappa shape index (κ1) is 20.4. The molecule has 8 heteroatoms. The van der Waals surface area contributed by atoms with Crippen LogP contribution in [0.25, 0.3) is 0 Å². The highest BCUT2D eigenvalue weighted by atomic mass is 16.5. The summed E-state index contributed by atoms with van der Waals surface area (Å²) >= 11 is 0. The summed E-state index contributed by atoms with van der Waals surface area (Å²) in [6.45, 7) is 4.15. The van der Waals surface area contributed by atoms with E-state index < -0.39 is 24.5 Å². The highest BCUT2D eigenvalue weighted by Gasteiger charge is 2.23. The fourth-order valence-electron chi connectivity index (χ4n) is 2.69. The Labute approximate surface area is 158 Å². The molecule has 2 N–H and O–H groups in total. The van der Waals surface area contributed by atoms with Crippen LogP contribution in [0, 0.1) is 0 Å². The molecule has 0 aliphatic carbocycles. The van der Waals surface area contributed by atoms with E-state index in [-0.39, 0.29) is 17.4 Å². The summed E-state index contributed by atoms with van der Waals surface area (Å²) in [5, 5.41) is 5.15. The van der Waals surface area contributed by atoms with Gasteiger partial charge in [-0.1, -0.05) is 13.0 Å². The third-order valence-corrected chi connectivity index (χ3v) is 4.12. The molecule has 1 heterocycles. The summed E-state index contributed by atoms with van der Waals surface area (Å²) in [5.41, 5.74) is 0.895. The van der Waals surface area contributed by atoms with Gasteiger partial charge in [0.1, 0.15) is 6.04 Å². The Balaban J connectivity index is 1.85. The quantitative estimate of drug-likeness (QED) is 0.660. The van der Waals surface area contributed by atoms with E-state index in [1.807, 2.05) is 6.92 Å². The average molecular weight is 375 g/mol. The maximum atomic E-state index is 12.2. The van der Waals surface area contributed by atoms with Gasteiger partial charge in [-0.2, -0.15) is 0 Å². The molecule has 0 unspecified atom stereocenters. The lowest BCUT2D eigenvalue weighted by molar-refractivity contribution is -0.130. The largest absolute Gasteiger partial charge is 0.452 e. The lowest BCUT2D eigenvalue weighted by Crippen LogP contribution is -2.46. The van der Waals surface area contributed by atoms with Crippen molar-refractivity contribution in [1.82, 2.24) is 10.6 Å². The van der Waals surface area contributed by atoms with Crippen LogP contribution in [0.4, 0.5) is 5.69 Å². The molecule has 1 atom stereocenters. The van der Waals surface area contributed by atoms with Crippen LogP contribution in [0.15, 0.2) is 24.3 Å². The van der Waals surface area contributed by atoms with Crippen molar-refractivity contribution >= 4 is 29.4 Å². The second-order valence-corrected chi connectivity index (χ2v) is 6.36. The molecular weight excluding hydrogens is 350 g/mol. The van der Waals surface area contributed by atoms with E-state index in [0.29, 0.717) is 25.2 Å². The number of hydrogen-bond donors (Lipinski definition) is 2. The Kier molecular flexibility index (Phi) is 7.34. The molecule has 27 heavy (non-hydrogen) atoms. The molecule has 1 aliphatic rings. The maximum absolute atomic E-state index is 12.2. The fraction of sp³-hybridized carbons (Fsp3) is 0.474. The molecule has 1 aromatic rings. The number of nitrogens with zero attached hydrogens (tertiary/aromatic N) is 1. The van der Waals surface area contributed by atoms with Crippen molar-refractivity contribution in [2.75, 3.05) is 24.6 Å². The number of carbonyl (C=O) groups is 4. The molecule has 1 aliphatic heterocycles. The Hall–Kier alpha value is -2.90. The predicted molar refractivity (Wildman–Crippen MR) is 99.2 cm³/mol. The Bertz CT molecular complexity index is 719. The van der Waals surface area contributed by atoms with E-state index in [9.17, 15) is 19.2 Å². The molecule has 1 fully saturated rings. The second-order valence-electron chi connectivity index (χ2n) is 6.36. The van der Waals surface area contributed by atoms with Gasteiger partial charge in [0.25, 0.3) is 5.91 Å². The van der Waals surface area contributed by atoms with Gasteiger partial charge in [0.15, 0.2) is 6.61 Å². The molecule has 146 valence electrons. The number of benzene rings is 1. The minimum Gasteiger partial charge on any atom is -0.452 e. The van der Waals surface area contributed by atoms with Crippen LogP contribution in [-0.4, -0.2) is 49.4 Å². The van der Waals surface area contributed by atoms with Crippen LogP contribution >= 0.6 is 0 Å².